The minimum Gasteiger partial charge on any atom is -0.489 e. The fourth-order valence-electron chi connectivity index (χ4n) is 2.21. The maximum atomic E-state index is 11.3. The molecule has 0 fully saturated rings. The van der Waals surface area contributed by atoms with Crippen LogP contribution >= 0.6 is 15.9 Å². The number of ether oxygens (including phenoxy) is 2. The first-order chi connectivity index (χ1) is 11.7. The lowest BCUT2D eigenvalue weighted by atomic mass is 10.1. The largest absolute Gasteiger partial charge is 0.489 e. The second kappa shape index (κ2) is 10.1. The quantitative estimate of drug-likeness (QED) is 0.471. The Hall–Kier alpha value is -1.85. The molecule has 1 N–H and O–H groups in total. The molecule has 0 radical (unpaired) electrons. The van der Waals surface area contributed by atoms with Crippen molar-refractivity contribution in [2.24, 2.45) is 0 Å². The molecule has 0 bridgehead atoms. The van der Waals surface area contributed by atoms with Crippen LogP contribution in [0.25, 0.3) is 0 Å². The van der Waals surface area contributed by atoms with Gasteiger partial charge in [-0.2, -0.15) is 0 Å². The van der Waals surface area contributed by atoms with Gasteiger partial charge in [0, 0.05) is 11.9 Å². The summed E-state index contributed by atoms with van der Waals surface area (Å²) in [5.41, 5.74) is 1.95. The highest BCUT2D eigenvalue weighted by Crippen LogP contribution is 2.20. The molecule has 0 saturated heterocycles. The highest BCUT2D eigenvalue weighted by molar-refractivity contribution is 9.09. The second-order valence-corrected chi connectivity index (χ2v) is 6.14. The SMILES string of the molecule is O=C(O)c1ccc(OCc2ccccc2)cc1COCCCCBr. The Morgan fingerprint density at radius 1 is 1.04 bits per heavy atom. The first kappa shape index (κ1) is 18.5. The van der Waals surface area contributed by atoms with Crippen molar-refractivity contribution < 1.29 is 19.4 Å². The Labute approximate surface area is 150 Å². The van der Waals surface area contributed by atoms with E-state index in [2.05, 4.69) is 15.9 Å². The third kappa shape index (κ3) is 5.98. The first-order valence-corrected chi connectivity index (χ1v) is 8.99. The molecule has 0 amide bonds. The van der Waals surface area contributed by atoms with E-state index in [0.717, 1.165) is 23.7 Å². The van der Waals surface area contributed by atoms with E-state index in [1.807, 2.05) is 30.3 Å². The van der Waals surface area contributed by atoms with Crippen molar-refractivity contribution in [1.29, 1.82) is 0 Å². The van der Waals surface area contributed by atoms with Crippen molar-refractivity contribution in [2.45, 2.75) is 26.1 Å². The van der Waals surface area contributed by atoms with Crippen LogP contribution < -0.4 is 4.74 Å². The maximum Gasteiger partial charge on any atom is 0.336 e. The summed E-state index contributed by atoms with van der Waals surface area (Å²) in [6, 6.07) is 14.8. The topological polar surface area (TPSA) is 55.8 Å². The number of unbranched alkanes of at least 4 members (excludes halogenated alkanes) is 1. The van der Waals surface area contributed by atoms with Crippen LogP contribution in [-0.4, -0.2) is 23.0 Å². The van der Waals surface area contributed by atoms with E-state index in [4.69, 9.17) is 9.47 Å². The normalized spacial score (nSPS) is 10.5. The van der Waals surface area contributed by atoms with E-state index < -0.39 is 5.97 Å². The molecule has 128 valence electrons. The minimum absolute atomic E-state index is 0.252. The van der Waals surface area contributed by atoms with Crippen molar-refractivity contribution in [3.63, 3.8) is 0 Å². The molecule has 2 aromatic carbocycles. The van der Waals surface area contributed by atoms with Gasteiger partial charge in [0.2, 0.25) is 0 Å². The van der Waals surface area contributed by atoms with Crippen molar-refractivity contribution in [2.75, 3.05) is 11.9 Å². The van der Waals surface area contributed by atoms with Crippen molar-refractivity contribution in [3.05, 3.63) is 65.2 Å². The van der Waals surface area contributed by atoms with Gasteiger partial charge in [-0.05, 0) is 42.2 Å². The number of alkyl halides is 1. The van der Waals surface area contributed by atoms with Crippen LogP contribution in [0, 0.1) is 0 Å². The van der Waals surface area contributed by atoms with Crippen LogP contribution in [0.3, 0.4) is 0 Å². The van der Waals surface area contributed by atoms with Crippen molar-refractivity contribution in [3.8, 4) is 5.75 Å². The van der Waals surface area contributed by atoms with E-state index in [1.165, 1.54) is 0 Å². The van der Waals surface area contributed by atoms with Gasteiger partial charge in [0.15, 0.2) is 0 Å². The molecule has 24 heavy (non-hydrogen) atoms. The Bertz CT molecular complexity index is 643. The molecular weight excluding hydrogens is 372 g/mol. The molecule has 0 saturated carbocycles. The van der Waals surface area contributed by atoms with Crippen LogP contribution in [0.1, 0.15) is 34.3 Å². The maximum absolute atomic E-state index is 11.3. The van der Waals surface area contributed by atoms with Crippen molar-refractivity contribution >= 4 is 21.9 Å². The number of halogens is 1. The number of hydrogen-bond acceptors (Lipinski definition) is 3. The summed E-state index contributed by atoms with van der Waals surface area (Å²) in [4.78, 5) is 11.3. The number of rotatable bonds is 10. The first-order valence-electron chi connectivity index (χ1n) is 7.87. The number of carbonyl (C=O) groups is 1. The molecule has 2 aromatic rings. The molecular formula is C19H21BrO4. The van der Waals surface area contributed by atoms with Crippen LogP contribution in [0.2, 0.25) is 0 Å². The number of aromatic carboxylic acids is 1. The zero-order chi connectivity index (χ0) is 17.2. The Balaban J connectivity index is 1.99. The monoisotopic (exact) mass is 392 g/mol. The third-order valence-corrected chi connectivity index (χ3v) is 4.05. The van der Waals surface area contributed by atoms with E-state index in [9.17, 15) is 9.90 Å². The highest BCUT2D eigenvalue weighted by Gasteiger charge is 2.11. The van der Waals surface area contributed by atoms with Gasteiger partial charge in [0.1, 0.15) is 12.4 Å². The Morgan fingerprint density at radius 3 is 2.54 bits per heavy atom. The lowest BCUT2D eigenvalue weighted by Crippen LogP contribution is -2.06. The van der Waals surface area contributed by atoms with E-state index in [0.29, 0.717) is 24.5 Å². The summed E-state index contributed by atoms with van der Waals surface area (Å²) >= 11 is 3.37. The minimum atomic E-state index is -0.955. The Morgan fingerprint density at radius 2 is 1.83 bits per heavy atom. The smallest absolute Gasteiger partial charge is 0.336 e. The van der Waals surface area contributed by atoms with E-state index in [1.54, 1.807) is 18.2 Å². The molecule has 0 aliphatic heterocycles. The van der Waals surface area contributed by atoms with Crippen LogP contribution in [-0.2, 0) is 18.0 Å². The number of carboxylic acids is 1. The zero-order valence-electron chi connectivity index (χ0n) is 13.4. The van der Waals surface area contributed by atoms with Gasteiger partial charge >= 0.3 is 5.97 Å². The molecule has 0 aliphatic carbocycles. The molecule has 0 spiro atoms. The standard InChI is InChI=1S/C19H21BrO4/c20-10-4-5-11-23-14-16-12-17(8-9-18(16)19(21)22)24-13-15-6-2-1-3-7-15/h1-3,6-9,12H,4-5,10-11,13-14H2,(H,21,22). The summed E-state index contributed by atoms with van der Waals surface area (Å²) < 4.78 is 11.3. The molecule has 5 heteroatoms. The fraction of sp³-hybridized carbons (Fsp3) is 0.316. The summed E-state index contributed by atoms with van der Waals surface area (Å²) in [7, 11) is 0. The third-order valence-electron chi connectivity index (χ3n) is 3.49. The highest BCUT2D eigenvalue weighted by atomic mass is 79.9. The van der Waals surface area contributed by atoms with Gasteiger partial charge < -0.3 is 14.6 Å². The molecule has 4 nitrogen and oxygen atoms in total. The van der Waals surface area contributed by atoms with Gasteiger partial charge in [0.25, 0.3) is 0 Å². The number of benzene rings is 2. The summed E-state index contributed by atoms with van der Waals surface area (Å²) in [6.07, 6.45) is 1.98. The van der Waals surface area contributed by atoms with Gasteiger partial charge in [-0.25, -0.2) is 4.79 Å². The van der Waals surface area contributed by atoms with Gasteiger partial charge in [-0.15, -0.1) is 0 Å². The van der Waals surface area contributed by atoms with Gasteiger partial charge in [0.05, 0.1) is 12.2 Å². The molecule has 0 aliphatic rings. The molecule has 0 heterocycles. The average Bonchev–Trinajstić information content (AvgIpc) is 2.60. The van der Waals surface area contributed by atoms with E-state index >= 15 is 0 Å². The zero-order valence-corrected chi connectivity index (χ0v) is 15.0. The number of carboxylic acid groups (broad SMARTS) is 1. The molecule has 2 rings (SSSR count). The summed E-state index contributed by atoms with van der Waals surface area (Å²) in [5.74, 6) is -0.313. The van der Waals surface area contributed by atoms with Crippen molar-refractivity contribution in [1.82, 2.24) is 0 Å². The van der Waals surface area contributed by atoms with Crippen LogP contribution in [0.4, 0.5) is 0 Å². The predicted octanol–water partition coefficient (Wildman–Crippen LogP) is 4.66. The van der Waals surface area contributed by atoms with Gasteiger partial charge in [-0.3, -0.25) is 0 Å². The summed E-state index contributed by atoms with van der Waals surface area (Å²) in [6.45, 7) is 1.32. The lowest BCUT2D eigenvalue weighted by molar-refractivity contribution is 0.0686. The van der Waals surface area contributed by atoms with Crippen LogP contribution in [0.5, 0.6) is 5.75 Å². The lowest BCUT2D eigenvalue weighted by Gasteiger charge is -2.11. The average molecular weight is 393 g/mol. The molecule has 0 unspecified atom stereocenters. The Kier molecular flexibility index (Phi) is 7.79. The van der Waals surface area contributed by atoms with Gasteiger partial charge in [-0.1, -0.05) is 46.3 Å². The fourth-order valence-corrected chi connectivity index (χ4v) is 2.61. The number of hydrogen-bond donors (Lipinski definition) is 1. The van der Waals surface area contributed by atoms with E-state index in [-0.39, 0.29) is 12.2 Å². The molecule has 0 aromatic heterocycles. The second-order valence-electron chi connectivity index (χ2n) is 5.35. The summed E-state index contributed by atoms with van der Waals surface area (Å²) in [5, 5.41) is 10.2. The molecule has 0 atom stereocenters. The predicted molar refractivity (Wildman–Crippen MR) is 96.9 cm³/mol. The van der Waals surface area contributed by atoms with Crippen LogP contribution in [0.15, 0.2) is 48.5 Å².